The smallest absolute Gasteiger partial charge is 0.259 e. The number of hydrogen-bond acceptors (Lipinski definition) is 5. The highest BCUT2D eigenvalue weighted by atomic mass is 32.2. The van der Waals surface area contributed by atoms with Gasteiger partial charge in [0.15, 0.2) is 0 Å². The fourth-order valence-electron chi connectivity index (χ4n) is 2.76. The van der Waals surface area contributed by atoms with Gasteiger partial charge in [0.05, 0.1) is 16.4 Å². The lowest BCUT2D eigenvalue weighted by molar-refractivity contribution is -0.115. The number of aryl methyl sites for hydroxylation is 3. The molecular weight excluding hydrogens is 378 g/mol. The average molecular weight is 402 g/mol. The van der Waals surface area contributed by atoms with Gasteiger partial charge in [-0.05, 0) is 50.5 Å². The summed E-state index contributed by atoms with van der Waals surface area (Å²) in [6.45, 7) is 7.88. The van der Waals surface area contributed by atoms with Gasteiger partial charge in [0.1, 0.15) is 10.7 Å². The van der Waals surface area contributed by atoms with Crippen LogP contribution in [0.2, 0.25) is 0 Å². The number of aromatic amines is 1. The Morgan fingerprint density at radius 1 is 1.37 bits per heavy atom. The molecule has 0 unspecified atom stereocenters. The minimum absolute atomic E-state index is 0.0560. The maximum Gasteiger partial charge on any atom is 0.259 e. The number of carbonyl (C=O) groups is 1. The zero-order valence-electron chi connectivity index (χ0n) is 15.9. The van der Waals surface area contributed by atoms with E-state index in [1.54, 1.807) is 0 Å². The maximum atomic E-state index is 12.4. The van der Waals surface area contributed by atoms with Crippen molar-refractivity contribution in [1.29, 1.82) is 0 Å². The van der Waals surface area contributed by atoms with Crippen LogP contribution in [-0.4, -0.2) is 21.1 Å². The largest absolute Gasteiger partial charge is 0.325 e. The topological polar surface area (TPSA) is 74.8 Å². The molecule has 3 rings (SSSR count). The van der Waals surface area contributed by atoms with Crippen molar-refractivity contribution in [2.45, 2.75) is 45.1 Å². The van der Waals surface area contributed by atoms with E-state index in [-0.39, 0.29) is 16.7 Å². The minimum atomic E-state index is -0.261. The predicted octanol–water partition coefficient (Wildman–Crippen LogP) is 4.42. The molecule has 0 spiro atoms. The lowest BCUT2D eigenvalue weighted by Gasteiger charge is -2.12. The second-order valence-electron chi connectivity index (χ2n) is 6.47. The molecule has 0 aliphatic carbocycles. The van der Waals surface area contributed by atoms with Crippen molar-refractivity contribution < 1.29 is 4.79 Å². The molecule has 1 atom stereocenters. The van der Waals surface area contributed by atoms with Crippen molar-refractivity contribution in [2.24, 2.45) is 0 Å². The van der Waals surface area contributed by atoms with Crippen molar-refractivity contribution in [2.75, 3.05) is 5.32 Å². The number of thiophene rings is 1. The molecule has 0 aliphatic rings. The third-order valence-corrected chi connectivity index (χ3v) is 6.79. The number of carbonyl (C=O) groups excluding carboxylic acids is 1. The molecule has 0 bridgehead atoms. The van der Waals surface area contributed by atoms with Crippen LogP contribution < -0.4 is 10.9 Å². The molecule has 1 aromatic carbocycles. The Kier molecular flexibility index (Phi) is 6.01. The molecule has 3 aromatic rings. The van der Waals surface area contributed by atoms with Crippen LogP contribution >= 0.6 is 23.1 Å². The number of nitrogens with zero attached hydrogens (tertiary/aromatic N) is 1. The van der Waals surface area contributed by atoms with E-state index >= 15 is 0 Å². The number of aromatic nitrogens is 2. The first-order valence-electron chi connectivity index (χ1n) is 8.89. The highest BCUT2D eigenvalue weighted by Gasteiger charge is 2.16. The van der Waals surface area contributed by atoms with Crippen LogP contribution in [0.15, 0.2) is 29.1 Å². The van der Waals surface area contributed by atoms with E-state index in [0.29, 0.717) is 17.0 Å². The third kappa shape index (κ3) is 4.42. The van der Waals surface area contributed by atoms with E-state index in [9.17, 15) is 9.59 Å². The molecule has 0 aliphatic heterocycles. The zero-order valence-corrected chi connectivity index (χ0v) is 17.5. The van der Waals surface area contributed by atoms with Crippen molar-refractivity contribution in [1.82, 2.24) is 9.97 Å². The van der Waals surface area contributed by atoms with Gasteiger partial charge < -0.3 is 10.3 Å². The van der Waals surface area contributed by atoms with Crippen LogP contribution in [0.3, 0.4) is 0 Å². The summed E-state index contributed by atoms with van der Waals surface area (Å²) in [5.41, 5.74) is 2.88. The monoisotopic (exact) mass is 401 g/mol. The van der Waals surface area contributed by atoms with Gasteiger partial charge in [-0.2, -0.15) is 0 Å². The fraction of sp³-hybridized carbons (Fsp3) is 0.350. The van der Waals surface area contributed by atoms with E-state index < -0.39 is 0 Å². The summed E-state index contributed by atoms with van der Waals surface area (Å²) < 4.78 is 0. The second kappa shape index (κ2) is 8.27. The number of anilines is 1. The summed E-state index contributed by atoms with van der Waals surface area (Å²) >= 11 is 2.99. The van der Waals surface area contributed by atoms with E-state index in [2.05, 4.69) is 22.2 Å². The Morgan fingerprint density at radius 3 is 2.89 bits per heavy atom. The van der Waals surface area contributed by atoms with E-state index in [0.717, 1.165) is 27.4 Å². The van der Waals surface area contributed by atoms with Gasteiger partial charge in [0.25, 0.3) is 5.56 Å². The fourth-order valence-corrected chi connectivity index (χ4v) is 4.56. The van der Waals surface area contributed by atoms with E-state index in [1.165, 1.54) is 28.7 Å². The first kappa shape index (κ1) is 19.6. The lowest BCUT2D eigenvalue weighted by atomic mass is 10.1. The number of thioether (sulfide) groups is 1. The molecular formula is C20H23N3O2S2. The molecule has 2 aromatic heterocycles. The molecule has 2 heterocycles. The summed E-state index contributed by atoms with van der Waals surface area (Å²) in [5.74, 6) is 1.02. The number of benzene rings is 1. The summed E-state index contributed by atoms with van der Waals surface area (Å²) in [5, 5.41) is 3.37. The number of rotatable bonds is 6. The van der Waals surface area contributed by atoms with Gasteiger partial charge in [-0.25, -0.2) is 4.98 Å². The number of H-pyrrole nitrogens is 1. The summed E-state index contributed by atoms with van der Waals surface area (Å²) in [7, 11) is 0. The first-order chi connectivity index (χ1) is 12.9. The second-order valence-corrected chi connectivity index (χ2v) is 9.00. The summed E-state index contributed by atoms with van der Waals surface area (Å²) in [6, 6.07) is 7.87. The van der Waals surface area contributed by atoms with Crippen LogP contribution in [0.25, 0.3) is 10.2 Å². The van der Waals surface area contributed by atoms with Gasteiger partial charge in [-0.3, -0.25) is 9.59 Å². The van der Waals surface area contributed by atoms with Crippen molar-refractivity contribution in [3.05, 3.63) is 56.4 Å². The Labute approximate surface area is 166 Å². The maximum absolute atomic E-state index is 12.4. The molecule has 0 saturated heterocycles. The van der Waals surface area contributed by atoms with Crippen LogP contribution in [0.4, 0.5) is 5.69 Å². The molecule has 0 fully saturated rings. The molecule has 7 heteroatoms. The van der Waals surface area contributed by atoms with E-state index in [1.807, 2.05) is 45.0 Å². The molecule has 27 heavy (non-hydrogen) atoms. The SMILES string of the molecule is CCc1cccc(NC(=O)[C@H](C)SCc2nc3sc(C)c(C)c3c(=O)[nH]2)c1. The highest BCUT2D eigenvalue weighted by Crippen LogP contribution is 2.26. The predicted molar refractivity (Wildman–Crippen MR) is 115 cm³/mol. The molecule has 2 N–H and O–H groups in total. The minimum Gasteiger partial charge on any atom is -0.325 e. The van der Waals surface area contributed by atoms with Gasteiger partial charge in [0, 0.05) is 10.6 Å². The number of fused-ring (bicyclic) bond motifs is 1. The Balaban J connectivity index is 1.66. The first-order valence-corrected chi connectivity index (χ1v) is 10.8. The van der Waals surface area contributed by atoms with Crippen molar-refractivity contribution >= 4 is 44.9 Å². The molecule has 1 amide bonds. The number of nitrogens with one attached hydrogen (secondary N) is 2. The van der Waals surface area contributed by atoms with E-state index in [4.69, 9.17) is 0 Å². The Hall–Kier alpha value is -2.12. The Bertz CT molecular complexity index is 1040. The van der Waals surface area contributed by atoms with Crippen molar-refractivity contribution in [3.63, 3.8) is 0 Å². The van der Waals surface area contributed by atoms with Crippen LogP contribution in [-0.2, 0) is 17.0 Å². The van der Waals surface area contributed by atoms with Crippen LogP contribution in [0.1, 0.15) is 35.7 Å². The quantitative estimate of drug-likeness (QED) is 0.641. The zero-order chi connectivity index (χ0) is 19.6. The summed E-state index contributed by atoms with van der Waals surface area (Å²) in [4.78, 5) is 34.1. The molecule has 142 valence electrons. The standard InChI is InChI=1S/C20H23N3O2S2/c1-5-14-7-6-8-15(9-14)21-18(24)13(4)26-10-16-22-19(25)17-11(2)12(3)27-20(17)23-16/h6-9,13H,5,10H2,1-4H3,(H,21,24)(H,22,23,25)/t13-/m0/s1. The molecule has 5 nitrogen and oxygen atoms in total. The molecule has 0 saturated carbocycles. The normalized spacial score (nSPS) is 12.3. The lowest BCUT2D eigenvalue weighted by Crippen LogP contribution is -2.23. The van der Waals surface area contributed by atoms with Gasteiger partial charge in [0.2, 0.25) is 5.91 Å². The number of hydrogen-bond donors (Lipinski definition) is 2. The Morgan fingerprint density at radius 2 is 2.15 bits per heavy atom. The van der Waals surface area contributed by atoms with Gasteiger partial charge >= 0.3 is 0 Å². The summed E-state index contributed by atoms with van der Waals surface area (Å²) in [6.07, 6.45) is 0.928. The van der Waals surface area contributed by atoms with Gasteiger partial charge in [-0.1, -0.05) is 19.1 Å². The van der Waals surface area contributed by atoms with Crippen LogP contribution in [0, 0.1) is 13.8 Å². The molecule has 0 radical (unpaired) electrons. The van der Waals surface area contributed by atoms with Gasteiger partial charge in [-0.15, -0.1) is 23.1 Å². The van der Waals surface area contributed by atoms with Crippen molar-refractivity contribution in [3.8, 4) is 0 Å². The number of amides is 1. The highest BCUT2D eigenvalue weighted by molar-refractivity contribution is 7.99. The van der Waals surface area contributed by atoms with Crippen LogP contribution in [0.5, 0.6) is 0 Å². The third-order valence-electron chi connectivity index (χ3n) is 4.53. The average Bonchev–Trinajstić information content (AvgIpc) is 2.94.